The van der Waals surface area contributed by atoms with Crippen LogP contribution in [0.1, 0.15) is 141 Å². The quantitative estimate of drug-likeness (QED) is 0.0715. The minimum atomic E-state index is -4.46. The Morgan fingerprint density at radius 1 is 0.949 bits per heavy atom. The molecule has 0 amide bonds. The maximum absolute atomic E-state index is 15.2. The smallest absolute Gasteiger partial charge is 0.378 e. The van der Waals surface area contributed by atoms with Gasteiger partial charge in [0.2, 0.25) is 0 Å². The van der Waals surface area contributed by atoms with Crippen LogP contribution in [0.4, 0.5) is 18.9 Å². The Kier molecular flexibility index (Phi) is 19.2. The molecule has 3 saturated heterocycles. The molecule has 2 saturated carbocycles. The number of anilines is 1. The van der Waals surface area contributed by atoms with Gasteiger partial charge in [0.1, 0.15) is 6.54 Å². The van der Waals surface area contributed by atoms with Crippen molar-refractivity contribution in [1.82, 2.24) is 50.2 Å². The standard InChI is InChI=1S/C65H96F3N11/c1-11-14-28-64(9,10)39-58-56-37-52(23-26-60(56)78(45-65(66,67)68)63(58)57-38-55(40-70-61(57)46(4)5)76-35-33-75(34-36-76)54-24-25-54)53-22-19-30-73(43-53)44-59(48(7)79-31-18-17-29-71-79)72-47(6)62(51-20-15-16-21-51)77-32-27-50(42-77)41-74(13-3)49(8)69-12-2/h1,22-23,26,37-38,40,46,50-51,54,59,62,69,71-72H,6-8,12-21,24-25,27-36,39,41-45H2,2-5,9-10H3. The van der Waals surface area contributed by atoms with Crippen LogP contribution >= 0.6 is 0 Å². The SMILES string of the molecule is C#CCCC(C)(C)Cc1c(-c2cc(N3CCN(C4CC4)CC3)cnc2C(C)C)n(CC(F)(F)F)c2ccc(C3=CCCN(CC(NC(=C)C(C4CCCC4)N4CCC(CN(CC)C(=C)NCC)C4)C(=C)N4CCCCN4)C3)cc12. The van der Waals surface area contributed by atoms with Crippen LogP contribution < -0.4 is 21.0 Å². The highest BCUT2D eigenvalue weighted by molar-refractivity contribution is 5.95. The predicted octanol–water partition coefficient (Wildman–Crippen LogP) is 11.6. The monoisotopic (exact) mass is 1090 g/mol. The summed E-state index contributed by atoms with van der Waals surface area (Å²) in [5.41, 5.74) is 12.5. The molecule has 6 heterocycles. The molecule has 0 spiro atoms. The van der Waals surface area contributed by atoms with Gasteiger partial charge in [0.25, 0.3) is 0 Å². The van der Waals surface area contributed by atoms with Crippen molar-refractivity contribution in [2.24, 2.45) is 17.3 Å². The van der Waals surface area contributed by atoms with E-state index in [0.29, 0.717) is 48.5 Å². The molecule has 3 unspecified atom stereocenters. The van der Waals surface area contributed by atoms with Crippen molar-refractivity contribution in [3.05, 3.63) is 90.3 Å². The summed E-state index contributed by atoms with van der Waals surface area (Å²) >= 11 is 0. The van der Waals surface area contributed by atoms with E-state index in [-0.39, 0.29) is 23.4 Å². The van der Waals surface area contributed by atoms with Crippen LogP contribution in [0.5, 0.6) is 0 Å². The van der Waals surface area contributed by atoms with E-state index in [1.807, 2.05) is 12.3 Å². The number of pyridine rings is 1. The van der Waals surface area contributed by atoms with E-state index in [9.17, 15) is 0 Å². The van der Waals surface area contributed by atoms with Crippen molar-refractivity contribution < 1.29 is 13.2 Å². The molecule has 11 nitrogen and oxygen atoms in total. The third-order valence-electron chi connectivity index (χ3n) is 18.4. The van der Waals surface area contributed by atoms with Gasteiger partial charge in [0.05, 0.1) is 41.2 Å². The second-order valence-electron chi connectivity index (χ2n) is 25.2. The molecule has 3 aromatic rings. The van der Waals surface area contributed by atoms with Crippen molar-refractivity contribution >= 4 is 22.2 Å². The minimum absolute atomic E-state index is 0.0147. The number of hydrazine groups is 1. The number of likely N-dealkylation sites (tertiary alicyclic amines) is 1. The molecular formula is C65H96F3N11. The maximum atomic E-state index is 15.2. The lowest BCUT2D eigenvalue weighted by Gasteiger charge is -2.41. The average molecular weight is 1090 g/mol. The number of rotatable bonds is 25. The summed E-state index contributed by atoms with van der Waals surface area (Å²) in [6.07, 6.45) is 19.4. The Morgan fingerprint density at radius 3 is 2.39 bits per heavy atom. The number of terminal acetylenes is 1. The normalized spacial score (nSPS) is 21.1. The van der Waals surface area contributed by atoms with Crippen LogP contribution in [-0.2, 0) is 13.0 Å². The second-order valence-corrected chi connectivity index (χ2v) is 25.2. The topological polar surface area (TPSA) is 73.4 Å². The summed E-state index contributed by atoms with van der Waals surface area (Å²) in [6.45, 7) is 38.8. The van der Waals surface area contributed by atoms with Crippen LogP contribution in [0, 0.1) is 29.6 Å². The van der Waals surface area contributed by atoms with Gasteiger partial charge in [-0.25, -0.2) is 5.43 Å². The Morgan fingerprint density at radius 2 is 1.72 bits per heavy atom. The first kappa shape index (κ1) is 58.7. The number of piperazine rings is 1. The largest absolute Gasteiger partial charge is 0.406 e. The Hall–Kier alpha value is -4.94. The molecule has 9 rings (SSSR count). The fourth-order valence-electron chi connectivity index (χ4n) is 14.0. The number of aromatic nitrogens is 2. The number of hydrogen-bond acceptors (Lipinski definition) is 10. The van der Waals surface area contributed by atoms with Crippen molar-refractivity contribution in [1.29, 1.82) is 0 Å². The van der Waals surface area contributed by atoms with Gasteiger partial charge in [-0.15, -0.1) is 12.3 Å². The number of hydrogen-bond donors (Lipinski definition) is 3. The van der Waals surface area contributed by atoms with E-state index in [0.717, 1.165) is 168 Å². The molecule has 0 bridgehead atoms. The third kappa shape index (κ3) is 14.4. The summed E-state index contributed by atoms with van der Waals surface area (Å²) in [6, 6.07) is 9.25. The fraction of sp³-hybridized carbons (Fsp3) is 0.646. The number of halogens is 3. The average Bonchev–Trinajstić information content (AvgIpc) is 4.09. The van der Waals surface area contributed by atoms with Crippen LogP contribution in [0.2, 0.25) is 0 Å². The van der Waals surface area contributed by atoms with Gasteiger partial charge in [-0.2, -0.15) is 13.2 Å². The van der Waals surface area contributed by atoms with Crippen molar-refractivity contribution in [3.8, 4) is 23.6 Å². The number of nitrogens with one attached hydrogen (secondary N) is 3. The highest BCUT2D eigenvalue weighted by Gasteiger charge is 2.39. The van der Waals surface area contributed by atoms with E-state index in [4.69, 9.17) is 24.6 Å². The highest BCUT2D eigenvalue weighted by Crippen LogP contribution is 2.45. The van der Waals surface area contributed by atoms with E-state index >= 15 is 13.2 Å². The van der Waals surface area contributed by atoms with Gasteiger partial charge in [-0.1, -0.05) is 72.4 Å². The second kappa shape index (κ2) is 25.9. The van der Waals surface area contributed by atoms with E-state index in [1.54, 1.807) is 4.57 Å². The molecule has 1 aromatic carbocycles. The molecule has 432 valence electrons. The van der Waals surface area contributed by atoms with Gasteiger partial charge in [-0.3, -0.25) is 19.7 Å². The first-order chi connectivity index (χ1) is 37.9. The van der Waals surface area contributed by atoms with Crippen LogP contribution in [0.25, 0.3) is 27.7 Å². The lowest BCUT2D eigenvalue weighted by Crippen LogP contribution is -2.54. The van der Waals surface area contributed by atoms with Crippen LogP contribution in [0.3, 0.4) is 0 Å². The zero-order chi connectivity index (χ0) is 56.0. The summed E-state index contributed by atoms with van der Waals surface area (Å²) in [5, 5.41) is 10.7. The van der Waals surface area contributed by atoms with Gasteiger partial charge in [0.15, 0.2) is 0 Å². The lowest BCUT2D eigenvalue weighted by molar-refractivity contribution is -0.139. The van der Waals surface area contributed by atoms with E-state index in [1.165, 1.54) is 44.1 Å². The molecule has 2 aliphatic carbocycles. The van der Waals surface area contributed by atoms with Gasteiger partial charge < -0.3 is 30.0 Å². The number of benzene rings is 1. The molecule has 5 fully saturated rings. The molecule has 3 N–H and O–H groups in total. The Labute approximate surface area is 473 Å². The number of fused-ring (bicyclic) bond motifs is 1. The van der Waals surface area contributed by atoms with Crippen molar-refractivity contribution in [2.45, 2.75) is 162 Å². The summed E-state index contributed by atoms with van der Waals surface area (Å²) in [7, 11) is 0. The minimum Gasteiger partial charge on any atom is -0.378 e. The van der Waals surface area contributed by atoms with Crippen LogP contribution in [0.15, 0.2) is 73.5 Å². The van der Waals surface area contributed by atoms with Gasteiger partial charge in [0, 0.05) is 125 Å². The van der Waals surface area contributed by atoms with Gasteiger partial charge >= 0.3 is 6.18 Å². The first-order valence-electron chi connectivity index (χ1n) is 30.6. The van der Waals surface area contributed by atoms with Gasteiger partial charge in [-0.05, 0) is 143 Å². The summed E-state index contributed by atoms with van der Waals surface area (Å²) in [5.74, 6) is 4.97. The van der Waals surface area contributed by atoms with Crippen LogP contribution in [-0.4, -0.2) is 150 Å². The highest BCUT2D eigenvalue weighted by atomic mass is 19.4. The molecule has 2 aromatic heterocycles. The molecule has 4 aliphatic heterocycles. The molecule has 0 radical (unpaired) electrons. The van der Waals surface area contributed by atoms with E-state index < -0.39 is 12.7 Å². The zero-order valence-electron chi connectivity index (χ0n) is 49.1. The predicted molar refractivity (Wildman–Crippen MR) is 321 cm³/mol. The van der Waals surface area contributed by atoms with E-state index in [2.05, 4.69) is 124 Å². The third-order valence-corrected chi connectivity index (χ3v) is 18.4. The molecule has 3 atom stereocenters. The Balaban J connectivity index is 1.03. The molecule has 79 heavy (non-hydrogen) atoms. The first-order valence-corrected chi connectivity index (χ1v) is 30.6. The number of alkyl halides is 3. The maximum Gasteiger partial charge on any atom is 0.406 e. The number of nitrogens with zero attached hydrogens (tertiary/aromatic N) is 8. The summed E-state index contributed by atoms with van der Waals surface area (Å²) < 4.78 is 47.1. The Bertz CT molecular complexity index is 2650. The van der Waals surface area contributed by atoms with Crippen molar-refractivity contribution in [3.63, 3.8) is 0 Å². The summed E-state index contributed by atoms with van der Waals surface area (Å²) in [4.78, 5) is 17.8. The van der Waals surface area contributed by atoms with Crippen molar-refractivity contribution in [2.75, 3.05) is 96.5 Å². The molecule has 6 aliphatic rings. The zero-order valence-corrected chi connectivity index (χ0v) is 49.1. The fourth-order valence-corrected chi connectivity index (χ4v) is 14.0. The lowest BCUT2D eigenvalue weighted by atomic mass is 9.80. The molecule has 14 heteroatoms. The molecular weight excluding hydrogens is 992 g/mol.